The summed E-state index contributed by atoms with van der Waals surface area (Å²) in [5.41, 5.74) is 0.0512. The lowest BCUT2D eigenvalue weighted by atomic mass is 9.66. The van der Waals surface area contributed by atoms with E-state index < -0.39 is 0 Å². The standard InChI is InChI=1S/C17H30O/c1-3-14-17(18-2,15-10-6-4-7-11-15)16-12-8-5-9-13-16/h3,14-16H,4-13H2,1-2H3/b14-3-. The molecule has 0 heterocycles. The van der Waals surface area contributed by atoms with Crippen molar-refractivity contribution >= 4 is 0 Å². The van der Waals surface area contributed by atoms with E-state index >= 15 is 0 Å². The molecule has 18 heavy (non-hydrogen) atoms. The van der Waals surface area contributed by atoms with Crippen molar-refractivity contribution in [3.63, 3.8) is 0 Å². The highest BCUT2D eigenvalue weighted by Crippen LogP contribution is 2.45. The highest BCUT2D eigenvalue weighted by atomic mass is 16.5. The van der Waals surface area contributed by atoms with Crippen LogP contribution in [0.4, 0.5) is 0 Å². The predicted molar refractivity (Wildman–Crippen MR) is 77.7 cm³/mol. The fraction of sp³-hybridized carbons (Fsp3) is 0.882. The van der Waals surface area contributed by atoms with Crippen LogP contribution in [0.3, 0.4) is 0 Å². The Morgan fingerprint density at radius 2 is 1.28 bits per heavy atom. The van der Waals surface area contributed by atoms with Gasteiger partial charge in [0.1, 0.15) is 0 Å². The van der Waals surface area contributed by atoms with Crippen molar-refractivity contribution in [1.29, 1.82) is 0 Å². The van der Waals surface area contributed by atoms with E-state index in [4.69, 9.17) is 4.74 Å². The molecule has 0 aliphatic heterocycles. The predicted octanol–water partition coefficient (Wildman–Crippen LogP) is 5.11. The molecule has 1 heteroatoms. The molecule has 0 unspecified atom stereocenters. The van der Waals surface area contributed by atoms with E-state index in [0.29, 0.717) is 0 Å². The first kappa shape index (κ1) is 14.1. The third kappa shape index (κ3) is 2.82. The Morgan fingerprint density at radius 3 is 1.61 bits per heavy atom. The lowest BCUT2D eigenvalue weighted by Crippen LogP contribution is -2.47. The maximum atomic E-state index is 6.17. The monoisotopic (exact) mass is 250 g/mol. The molecule has 2 saturated carbocycles. The van der Waals surface area contributed by atoms with Gasteiger partial charge in [0.15, 0.2) is 0 Å². The Bertz CT molecular complexity index is 239. The number of hydrogen-bond acceptors (Lipinski definition) is 1. The van der Waals surface area contributed by atoms with Crippen molar-refractivity contribution in [3.8, 4) is 0 Å². The highest BCUT2D eigenvalue weighted by Gasteiger charge is 2.43. The third-order valence-corrected chi connectivity index (χ3v) is 5.27. The van der Waals surface area contributed by atoms with Gasteiger partial charge in [-0.05, 0) is 44.4 Å². The Kier molecular flexibility index (Phi) is 5.29. The Hall–Kier alpha value is -0.300. The summed E-state index contributed by atoms with van der Waals surface area (Å²) in [5, 5.41) is 0. The molecule has 0 aromatic rings. The van der Waals surface area contributed by atoms with Gasteiger partial charge in [-0.3, -0.25) is 0 Å². The quantitative estimate of drug-likeness (QED) is 0.630. The molecule has 104 valence electrons. The molecule has 0 N–H and O–H groups in total. The van der Waals surface area contributed by atoms with E-state index in [1.54, 1.807) is 0 Å². The molecule has 0 amide bonds. The zero-order chi connectivity index (χ0) is 12.8. The van der Waals surface area contributed by atoms with Crippen molar-refractivity contribution in [2.75, 3.05) is 7.11 Å². The summed E-state index contributed by atoms with van der Waals surface area (Å²) >= 11 is 0. The third-order valence-electron chi connectivity index (χ3n) is 5.27. The number of methoxy groups -OCH3 is 1. The van der Waals surface area contributed by atoms with Crippen molar-refractivity contribution in [3.05, 3.63) is 12.2 Å². The van der Waals surface area contributed by atoms with Gasteiger partial charge in [0.25, 0.3) is 0 Å². The summed E-state index contributed by atoms with van der Waals surface area (Å²) < 4.78 is 6.17. The first-order valence-electron chi connectivity index (χ1n) is 8.02. The average Bonchev–Trinajstić information content (AvgIpc) is 2.47. The summed E-state index contributed by atoms with van der Waals surface area (Å²) in [6.07, 6.45) is 18.6. The molecule has 2 rings (SSSR count). The smallest absolute Gasteiger partial charge is 0.0914 e. The van der Waals surface area contributed by atoms with Crippen LogP contribution < -0.4 is 0 Å². The Morgan fingerprint density at radius 1 is 0.833 bits per heavy atom. The molecule has 2 aliphatic carbocycles. The van der Waals surface area contributed by atoms with Crippen LogP contribution in [0.15, 0.2) is 12.2 Å². The second kappa shape index (κ2) is 6.75. The molecule has 2 aliphatic rings. The van der Waals surface area contributed by atoms with Crippen molar-refractivity contribution in [2.24, 2.45) is 11.8 Å². The fourth-order valence-corrected chi connectivity index (χ4v) is 4.37. The van der Waals surface area contributed by atoms with E-state index in [1.807, 2.05) is 7.11 Å². The SMILES string of the molecule is C/C=C\C(OC)(C1CCCCC1)C1CCCCC1. The maximum absolute atomic E-state index is 6.17. The number of hydrogen-bond donors (Lipinski definition) is 0. The van der Waals surface area contributed by atoms with Crippen LogP contribution in [0.1, 0.15) is 71.1 Å². The zero-order valence-corrected chi connectivity index (χ0v) is 12.3. The number of allylic oxidation sites excluding steroid dienone is 1. The maximum Gasteiger partial charge on any atom is 0.0914 e. The van der Waals surface area contributed by atoms with Crippen LogP contribution in [-0.4, -0.2) is 12.7 Å². The first-order chi connectivity index (χ1) is 8.83. The van der Waals surface area contributed by atoms with Gasteiger partial charge < -0.3 is 4.74 Å². The topological polar surface area (TPSA) is 9.23 Å². The van der Waals surface area contributed by atoms with Crippen molar-refractivity contribution < 1.29 is 4.74 Å². The molecular weight excluding hydrogens is 220 g/mol. The lowest BCUT2D eigenvalue weighted by molar-refractivity contribution is -0.0837. The van der Waals surface area contributed by atoms with Gasteiger partial charge in [-0.2, -0.15) is 0 Å². The summed E-state index contributed by atoms with van der Waals surface area (Å²) in [6, 6.07) is 0. The lowest BCUT2D eigenvalue weighted by Gasteiger charge is -2.46. The minimum absolute atomic E-state index is 0.0512. The molecule has 0 radical (unpaired) electrons. The van der Waals surface area contributed by atoms with Gasteiger partial charge in [0.2, 0.25) is 0 Å². The van der Waals surface area contributed by atoms with Crippen LogP contribution in [0.2, 0.25) is 0 Å². The summed E-state index contributed by atoms with van der Waals surface area (Å²) in [5.74, 6) is 1.52. The minimum Gasteiger partial charge on any atom is -0.374 e. The average molecular weight is 250 g/mol. The molecule has 0 aromatic carbocycles. The number of ether oxygens (including phenoxy) is 1. The first-order valence-corrected chi connectivity index (χ1v) is 8.02. The molecule has 0 spiro atoms. The molecule has 0 atom stereocenters. The number of rotatable bonds is 4. The van der Waals surface area contributed by atoms with E-state index in [9.17, 15) is 0 Å². The molecule has 2 fully saturated rings. The molecule has 1 nitrogen and oxygen atoms in total. The van der Waals surface area contributed by atoms with Gasteiger partial charge >= 0.3 is 0 Å². The van der Waals surface area contributed by atoms with Crippen molar-refractivity contribution in [2.45, 2.75) is 76.7 Å². The van der Waals surface area contributed by atoms with Gasteiger partial charge in [0, 0.05) is 7.11 Å². The van der Waals surface area contributed by atoms with E-state index in [2.05, 4.69) is 19.1 Å². The van der Waals surface area contributed by atoms with Crippen LogP contribution in [0.5, 0.6) is 0 Å². The van der Waals surface area contributed by atoms with Crippen LogP contribution in [0, 0.1) is 11.8 Å². The second-order valence-electron chi connectivity index (χ2n) is 6.23. The van der Waals surface area contributed by atoms with Gasteiger partial charge in [0.05, 0.1) is 5.60 Å². The summed E-state index contributed by atoms with van der Waals surface area (Å²) in [7, 11) is 1.95. The van der Waals surface area contributed by atoms with Crippen LogP contribution in [-0.2, 0) is 4.74 Å². The summed E-state index contributed by atoms with van der Waals surface area (Å²) in [4.78, 5) is 0. The Balaban J connectivity index is 2.19. The largest absolute Gasteiger partial charge is 0.374 e. The van der Waals surface area contributed by atoms with E-state index in [-0.39, 0.29) is 5.60 Å². The Labute approximate surface area is 113 Å². The minimum atomic E-state index is 0.0512. The van der Waals surface area contributed by atoms with Gasteiger partial charge in [-0.1, -0.05) is 50.7 Å². The van der Waals surface area contributed by atoms with Gasteiger partial charge in [-0.15, -0.1) is 0 Å². The zero-order valence-electron chi connectivity index (χ0n) is 12.3. The van der Waals surface area contributed by atoms with Crippen LogP contribution >= 0.6 is 0 Å². The highest BCUT2D eigenvalue weighted by molar-refractivity contribution is 5.09. The molecule has 0 bridgehead atoms. The van der Waals surface area contributed by atoms with Crippen molar-refractivity contribution in [1.82, 2.24) is 0 Å². The summed E-state index contributed by atoms with van der Waals surface area (Å²) in [6.45, 7) is 2.15. The molecule has 0 saturated heterocycles. The normalized spacial score (nSPS) is 24.8. The second-order valence-corrected chi connectivity index (χ2v) is 6.23. The van der Waals surface area contributed by atoms with Gasteiger partial charge in [-0.25, -0.2) is 0 Å². The van der Waals surface area contributed by atoms with E-state index in [0.717, 1.165) is 11.8 Å². The molecular formula is C17H30O. The fourth-order valence-electron chi connectivity index (χ4n) is 4.37. The van der Waals surface area contributed by atoms with Crippen LogP contribution in [0.25, 0.3) is 0 Å². The van der Waals surface area contributed by atoms with E-state index in [1.165, 1.54) is 64.2 Å². The molecule has 0 aromatic heterocycles.